The number of carbonyl (C=O) groups excluding carboxylic acids is 4. The summed E-state index contributed by atoms with van der Waals surface area (Å²) in [5.41, 5.74) is -6.87. The lowest BCUT2D eigenvalue weighted by Crippen LogP contribution is -2.86. The number of rotatable bonds is 6. The maximum absolute atomic E-state index is 12.3. The fourth-order valence-corrected chi connectivity index (χ4v) is 4.07. The molecule has 0 spiro atoms. The highest BCUT2D eigenvalue weighted by molar-refractivity contribution is 8.93. The van der Waals surface area contributed by atoms with E-state index < -0.39 is 62.7 Å². The van der Waals surface area contributed by atoms with Gasteiger partial charge in [-0.2, -0.15) is 0 Å². The van der Waals surface area contributed by atoms with Crippen LogP contribution >= 0.6 is 28.7 Å². The topological polar surface area (TPSA) is 208 Å². The van der Waals surface area contributed by atoms with Gasteiger partial charge in [0, 0.05) is 0 Å². The van der Waals surface area contributed by atoms with Crippen molar-refractivity contribution in [1.82, 2.24) is 0 Å². The second-order valence-corrected chi connectivity index (χ2v) is 7.44. The van der Waals surface area contributed by atoms with Gasteiger partial charge in [-0.15, -0.1) is 17.0 Å². The zero-order chi connectivity index (χ0) is 21.5. The Morgan fingerprint density at radius 2 is 1.43 bits per heavy atom. The number of carbonyl (C=O) groups is 4. The second kappa shape index (κ2) is 8.65. The molecule has 1 aliphatic rings. The van der Waals surface area contributed by atoms with Crippen molar-refractivity contribution in [2.75, 3.05) is 0 Å². The average Bonchev–Trinajstić information content (AvgIpc) is 2.53. The molecule has 0 aromatic heterocycles. The fraction of sp³-hybridized carbons (Fsp3) is 0.667. The summed E-state index contributed by atoms with van der Waals surface area (Å²) in [6, 6.07) is 0. The van der Waals surface area contributed by atoms with Crippen LogP contribution in [0.25, 0.3) is 0 Å². The minimum atomic E-state index is -3.51. The third-order valence-electron chi connectivity index (χ3n) is 4.65. The van der Waals surface area contributed by atoms with E-state index in [2.05, 4.69) is 0 Å². The van der Waals surface area contributed by atoms with E-state index in [-0.39, 0.29) is 28.7 Å². The van der Waals surface area contributed by atoms with Crippen LogP contribution in [0.15, 0.2) is 0 Å². The maximum atomic E-state index is 12.3. The molecule has 6 atom stereocenters. The molecule has 13 heteroatoms. The summed E-state index contributed by atoms with van der Waals surface area (Å²) in [5.74, 6) is -5.03. The Morgan fingerprint density at radius 3 is 1.71 bits per heavy atom. The third-order valence-corrected chi connectivity index (χ3v) is 5.57. The first-order valence-corrected chi connectivity index (χ1v) is 8.52. The van der Waals surface area contributed by atoms with Crippen LogP contribution in [0.3, 0.4) is 0 Å². The smallest absolute Gasteiger partial charge is 0.200 e. The van der Waals surface area contributed by atoms with Gasteiger partial charge in [-0.05, 0) is 27.7 Å². The number of amidine groups is 1. The average molecular weight is 487 g/mol. The molecule has 0 aliphatic carbocycles. The van der Waals surface area contributed by atoms with Crippen LogP contribution in [0, 0.1) is 5.41 Å². The molecule has 0 aromatic rings. The van der Waals surface area contributed by atoms with Gasteiger partial charge in [0.1, 0.15) is 12.2 Å². The van der Waals surface area contributed by atoms with Crippen LogP contribution < -0.4 is 5.73 Å². The van der Waals surface area contributed by atoms with Crippen molar-refractivity contribution in [1.29, 1.82) is 5.41 Å². The molecule has 1 heterocycles. The molecule has 11 nitrogen and oxygen atoms in total. The predicted molar refractivity (Wildman–Crippen MR) is 102 cm³/mol. The number of aliphatic hydroxyl groups excluding tert-OH is 1. The van der Waals surface area contributed by atoms with E-state index in [1.165, 1.54) is 0 Å². The monoisotopic (exact) mass is 486 g/mol. The van der Waals surface area contributed by atoms with Gasteiger partial charge in [-0.3, -0.25) is 24.6 Å². The zero-order valence-electron chi connectivity index (χ0n) is 15.5. The second-order valence-electron chi connectivity index (χ2n) is 6.34. The number of aliphatic hydroxyl groups is 4. The SMILES string of the molecule is Br.CC(=O)C(O)[C@H]1O[C@@H](SC(=N)N)[C@@](O)(C(C)=O)[C@](O)(C(C)=O)[C@]1(O)C(C)=O. The lowest BCUT2D eigenvalue weighted by atomic mass is 9.60. The Hall–Kier alpha value is -1.22. The number of hydrogen-bond acceptors (Lipinski definition) is 11. The summed E-state index contributed by atoms with van der Waals surface area (Å²) >= 11 is 0.187. The van der Waals surface area contributed by atoms with Crippen molar-refractivity contribution in [2.24, 2.45) is 5.73 Å². The first kappa shape index (κ1) is 26.8. The quantitative estimate of drug-likeness (QED) is 0.175. The van der Waals surface area contributed by atoms with Gasteiger partial charge >= 0.3 is 0 Å². The summed E-state index contributed by atoms with van der Waals surface area (Å²) < 4.78 is 5.24. The molecule has 1 unspecified atom stereocenters. The van der Waals surface area contributed by atoms with E-state index >= 15 is 0 Å². The van der Waals surface area contributed by atoms with Crippen molar-refractivity contribution in [3.8, 4) is 0 Å². The molecular formula is C15H23BrN2O9S. The number of ether oxygens (including phenoxy) is 1. The summed E-state index contributed by atoms with van der Waals surface area (Å²) in [6.45, 7) is 3.06. The Balaban J connectivity index is 0.00000729. The van der Waals surface area contributed by atoms with E-state index in [0.29, 0.717) is 6.92 Å². The van der Waals surface area contributed by atoms with Crippen LogP contribution in [0.1, 0.15) is 27.7 Å². The molecule has 1 aliphatic heterocycles. The minimum Gasteiger partial charge on any atom is -0.382 e. The van der Waals surface area contributed by atoms with Crippen LogP contribution in [0.4, 0.5) is 0 Å². The van der Waals surface area contributed by atoms with E-state index in [9.17, 15) is 39.6 Å². The number of thioether (sulfide) groups is 1. The normalized spacial score (nSPS) is 36.0. The number of Topliss-reactive ketones (excluding diaryl/α,β-unsaturated/α-hetero) is 4. The van der Waals surface area contributed by atoms with Gasteiger partial charge in [0.05, 0.1) is 0 Å². The maximum Gasteiger partial charge on any atom is 0.200 e. The fourth-order valence-electron chi connectivity index (χ4n) is 3.15. The highest BCUT2D eigenvalue weighted by Gasteiger charge is 2.79. The number of nitrogens with two attached hydrogens (primary N) is 1. The molecule has 1 rings (SSSR count). The van der Waals surface area contributed by atoms with Crippen molar-refractivity contribution < 1.29 is 44.3 Å². The van der Waals surface area contributed by atoms with E-state index in [1.54, 1.807) is 0 Å². The Labute approximate surface area is 174 Å². The molecule has 1 fully saturated rings. The molecule has 0 aromatic carbocycles. The number of halogens is 1. The van der Waals surface area contributed by atoms with Gasteiger partial charge in [0.25, 0.3) is 0 Å². The Bertz CT molecular complexity index is 720. The first-order chi connectivity index (χ1) is 12.1. The van der Waals surface area contributed by atoms with Gasteiger partial charge in [-0.25, -0.2) is 0 Å². The highest BCUT2D eigenvalue weighted by Crippen LogP contribution is 2.50. The van der Waals surface area contributed by atoms with Gasteiger partial charge in [0.15, 0.2) is 44.9 Å². The third kappa shape index (κ3) is 3.56. The van der Waals surface area contributed by atoms with Crippen molar-refractivity contribution in [3.05, 3.63) is 0 Å². The molecular weight excluding hydrogens is 464 g/mol. The summed E-state index contributed by atoms with van der Waals surface area (Å²) in [6.07, 6.45) is -4.45. The van der Waals surface area contributed by atoms with E-state index in [1.807, 2.05) is 0 Å². The molecule has 0 radical (unpaired) electrons. The van der Waals surface area contributed by atoms with Crippen molar-refractivity contribution in [3.63, 3.8) is 0 Å². The standard InChI is InChI=1S/C15H22N2O9S.BrH/c1-5(18)9(22)10-13(23,6(2)19)15(25,8(4)21)14(24,7(3)20)11(26-10)27-12(16)17;/h9-11,22-25H,1-4H3,(H3,16,17);1H/t9?,10-,11+,13+,14+,15+;/m1./s1. The molecule has 0 saturated carbocycles. The Kier molecular flexibility index (Phi) is 8.27. The van der Waals surface area contributed by atoms with Crippen molar-refractivity contribution in [2.45, 2.75) is 62.1 Å². The zero-order valence-corrected chi connectivity index (χ0v) is 18.0. The van der Waals surface area contributed by atoms with E-state index in [4.69, 9.17) is 15.9 Å². The number of ketones is 4. The van der Waals surface area contributed by atoms with E-state index in [0.717, 1.165) is 20.8 Å². The predicted octanol–water partition coefficient (Wildman–Crippen LogP) is -2.17. The molecule has 0 bridgehead atoms. The van der Waals surface area contributed by atoms with Crippen LogP contribution in [0.5, 0.6) is 0 Å². The largest absolute Gasteiger partial charge is 0.382 e. The number of nitrogens with one attached hydrogen (secondary N) is 1. The lowest BCUT2D eigenvalue weighted by Gasteiger charge is -2.58. The van der Waals surface area contributed by atoms with Crippen LogP contribution in [0.2, 0.25) is 0 Å². The Morgan fingerprint density at radius 1 is 1.00 bits per heavy atom. The molecule has 1 saturated heterocycles. The van der Waals surface area contributed by atoms with Gasteiger partial charge in [0.2, 0.25) is 5.60 Å². The highest BCUT2D eigenvalue weighted by atomic mass is 79.9. The molecule has 160 valence electrons. The summed E-state index contributed by atoms with van der Waals surface area (Å²) in [7, 11) is 0. The van der Waals surface area contributed by atoms with Crippen molar-refractivity contribution >= 4 is 57.0 Å². The summed E-state index contributed by atoms with van der Waals surface area (Å²) in [4.78, 5) is 48.5. The lowest BCUT2D eigenvalue weighted by molar-refractivity contribution is -0.311. The first-order valence-electron chi connectivity index (χ1n) is 7.64. The minimum absolute atomic E-state index is 0. The molecule has 0 amide bonds. The van der Waals surface area contributed by atoms with Gasteiger partial charge in [-0.1, -0.05) is 11.8 Å². The van der Waals surface area contributed by atoms with Gasteiger partial charge < -0.3 is 30.9 Å². The molecule has 7 N–H and O–H groups in total. The summed E-state index contributed by atoms with van der Waals surface area (Å²) in [5, 5.41) is 49.8. The van der Waals surface area contributed by atoms with Crippen LogP contribution in [-0.2, 0) is 23.9 Å². The molecule has 28 heavy (non-hydrogen) atoms. The number of hydrogen-bond donors (Lipinski definition) is 6. The van der Waals surface area contributed by atoms with Crippen LogP contribution in [-0.4, -0.2) is 83.2 Å².